The average molecular weight is 220 g/mol. The van der Waals surface area contributed by atoms with Gasteiger partial charge in [0.1, 0.15) is 0 Å². The Hall–Kier alpha value is -0.860. The first-order chi connectivity index (χ1) is 7.63. The molecule has 0 heterocycles. The summed E-state index contributed by atoms with van der Waals surface area (Å²) in [5.41, 5.74) is 9.89. The maximum Gasteiger partial charge on any atom is 0.0360 e. The lowest BCUT2D eigenvalue weighted by atomic mass is 9.88. The van der Waals surface area contributed by atoms with Crippen molar-refractivity contribution >= 4 is 0 Å². The van der Waals surface area contributed by atoms with Crippen LogP contribution in [0.4, 0.5) is 0 Å². The number of aryl methyl sites for hydroxylation is 2. The van der Waals surface area contributed by atoms with Gasteiger partial charge in [0.2, 0.25) is 0 Å². The number of rotatable bonds is 5. The van der Waals surface area contributed by atoms with E-state index in [1.165, 1.54) is 16.7 Å². The Morgan fingerprint density at radius 2 is 2.00 bits per heavy atom. The van der Waals surface area contributed by atoms with Crippen molar-refractivity contribution in [3.8, 4) is 0 Å². The Morgan fingerprint density at radius 3 is 2.44 bits per heavy atom. The summed E-state index contributed by atoms with van der Waals surface area (Å²) in [6.45, 7) is 7.24. The van der Waals surface area contributed by atoms with Gasteiger partial charge in [0, 0.05) is 6.04 Å². The smallest absolute Gasteiger partial charge is 0.0360 e. The Bertz CT molecular complexity index is 330. The van der Waals surface area contributed by atoms with E-state index in [1.807, 2.05) is 7.05 Å². The van der Waals surface area contributed by atoms with Crippen LogP contribution in [-0.2, 0) is 0 Å². The van der Waals surface area contributed by atoms with Crippen molar-refractivity contribution in [3.05, 3.63) is 34.9 Å². The van der Waals surface area contributed by atoms with Crippen molar-refractivity contribution in [2.45, 2.75) is 33.2 Å². The number of benzene rings is 1. The summed E-state index contributed by atoms with van der Waals surface area (Å²) in [5, 5.41) is 3.40. The molecule has 0 spiro atoms. The Kier molecular flexibility index (Phi) is 4.97. The zero-order valence-electron chi connectivity index (χ0n) is 10.9. The van der Waals surface area contributed by atoms with Crippen molar-refractivity contribution in [1.29, 1.82) is 0 Å². The Morgan fingerprint density at radius 1 is 1.31 bits per heavy atom. The largest absolute Gasteiger partial charge is 0.330 e. The van der Waals surface area contributed by atoms with Crippen molar-refractivity contribution in [2.24, 2.45) is 11.7 Å². The van der Waals surface area contributed by atoms with Crippen LogP contribution in [0.1, 0.15) is 36.1 Å². The topological polar surface area (TPSA) is 38.0 Å². The second-order valence-corrected chi connectivity index (χ2v) is 4.53. The Labute approximate surface area is 99.2 Å². The highest BCUT2D eigenvalue weighted by Crippen LogP contribution is 2.26. The van der Waals surface area contributed by atoms with Gasteiger partial charge in [-0.15, -0.1) is 0 Å². The predicted molar refractivity (Wildman–Crippen MR) is 70.6 cm³/mol. The van der Waals surface area contributed by atoms with Crippen molar-refractivity contribution in [3.63, 3.8) is 0 Å². The highest BCUT2D eigenvalue weighted by molar-refractivity contribution is 5.33. The van der Waals surface area contributed by atoms with E-state index in [9.17, 15) is 0 Å². The molecule has 2 unspecified atom stereocenters. The quantitative estimate of drug-likeness (QED) is 0.800. The van der Waals surface area contributed by atoms with E-state index >= 15 is 0 Å². The summed E-state index contributed by atoms with van der Waals surface area (Å²) in [5.74, 6) is 0.506. The summed E-state index contributed by atoms with van der Waals surface area (Å²) in [4.78, 5) is 0. The summed E-state index contributed by atoms with van der Waals surface area (Å²) in [6.07, 6.45) is 1.11. The molecule has 1 aromatic rings. The van der Waals surface area contributed by atoms with Crippen LogP contribution < -0.4 is 11.1 Å². The molecule has 16 heavy (non-hydrogen) atoms. The minimum absolute atomic E-state index is 0.371. The van der Waals surface area contributed by atoms with Gasteiger partial charge < -0.3 is 11.1 Å². The molecule has 0 aliphatic heterocycles. The molecule has 0 radical (unpaired) electrons. The van der Waals surface area contributed by atoms with Crippen LogP contribution >= 0.6 is 0 Å². The van der Waals surface area contributed by atoms with Gasteiger partial charge in [-0.1, -0.05) is 37.1 Å². The molecule has 0 bridgehead atoms. The third-order valence-electron chi connectivity index (χ3n) is 3.37. The fourth-order valence-corrected chi connectivity index (χ4v) is 2.36. The first-order valence-electron chi connectivity index (χ1n) is 6.08. The lowest BCUT2D eigenvalue weighted by Gasteiger charge is -2.26. The number of hydrogen-bond acceptors (Lipinski definition) is 2. The molecule has 3 N–H and O–H groups in total. The number of nitrogens with two attached hydrogens (primary N) is 1. The monoisotopic (exact) mass is 220 g/mol. The van der Waals surface area contributed by atoms with Gasteiger partial charge in [-0.05, 0) is 44.5 Å². The lowest BCUT2D eigenvalue weighted by molar-refractivity contribution is 0.377. The molecule has 1 aromatic carbocycles. The van der Waals surface area contributed by atoms with Gasteiger partial charge >= 0.3 is 0 Å². The van der Waals surface area contributed by atoms with E-state index in [0.717, 1.165) is 13.0 Å². The first kappa shape index (κ1) is 13.2. The second-order valence-electron chi connectivity index (χ2n) is 4.53. The maximum atomic E-state index is 5.84. The van der Waals surface area contributed by atoms with E-state index in [1.54, 1.807) is 0 Å². The highest BCUT2D eigenvalue weighted by atomic mass is 14.9. The van der Waals surface area contributed by atoms with Gasteiger partial charge in [-0.25, -0.2) is 0 Å². The number of hydrogen-bond donors (Lipinski definition) is 2. The maximum absolute atomic E-state index is 5.84. The molecule has 2 heteroatoms. The average Bonchev–Trinajstić information content (AvgIpc) is 2.27. The Balaban J connectivity index is 3.03. The van der Waals surface area contributed by atoms with Gasteiger partial charge in [-0.3, -0.25) is 0 Å². The molecule has 0 saturated heterocycles. The van der Waals surface area contributed by atoms with Gasteiger partial charge in [0.25, 0.3) is 0 Å². The highest BCUT2D eigenvalue weighted by Gasteiger charge is 2.20. The molecule has 1 rings (SSSR count). The second kappa shape index (κ2) is 6.02. The fraction of sp³-hybridized carbons (Fsp3) is 0.571. The molecule has 0 fully saturated rings. The van der Waals surface area contributed by atoms with Crippen LogP contribution in [-0.4, -0.2) is 13.6 Å². The van der Waals surface area contributed by atoms with Crippen LogP contribution in [0.2, 0.25) is 0 Å². The third kappa shape index (κ3) is 2.83. The van der Waals surface area contributed by atoms with Crippen LogP contribution in [0.25, 0.3) is 0 Å². The molecular weight excluding hydrogens is 196 g/mol. The standard InChI is InChI=1S/C14H24N2/c1-5-12(9-15)14(16-4)13-7-6-10(2)8-11(13)3/h6-8,12,14,16H,5,9,15H2,1-4H3. The van der Waals surface area contributed by atoms with E-state index in [-0.39, 0.29) is 0 Å². The molecule has 0 aliphatic carbocycles. The molecule has 0 aromatic heterocycles. The predicted octanol–water partition coefficient (Wildman–Crippen LogP) is 2.55. The van der Waals surface area contributed by atoms with Crippen molar-refractivity contribution < 1.29 is 0 Å². The van der Waals surface area contributed by atoms with Crippen molar-refractivity contribution in [2.75, 3.05) is 13.6 Å². The minimum Gasteiger partial charge on any atom is -0.330 e. The van der Waals surface area contributed by atoms with Crippen LogP contribution in [0.15, 0.2) is 18.2 Å². The number of nitrogens with one attached hydrogen (secondary N) is 1. The van der Waals surface area contributed by atoms with Crippen LogP contribution in [0, 0.1) is 19.8 Å². The first-order valence-corrected chi connectivity index (χ1v) is 6.08. The summed E-state index contributed by atoms with van der Waals surface area (Å²) < 4.78 is 0. The lowest BCUT2D eigenvalue weighted by Crippen LogP contribution is -2.30. The molecule has 90 valence electrons. The molecular formula is C14H24N2. The zero-order valence-corrected chi connectivity index (χ0v) is 10.9. The molecule has 2 atom stereocenters. The van der Waals surface area contributed by atoms with Crippen molar-refractivity contribution in [1.82, 2.24) is 5.32 Å². The van der Waals surface area contributed by atoms with Gasteiger partial charge in [0.05, 0.1) is 0 Å². The molecule has 0 saturated carbocycles. The summed E-state index contributed by atoms with van der Waals surface area (Å²) in [7, 11) is 2.02. The molecule has 0 amide bonds. The SMILES string of the molecule is CCC(CN)C(NC)c1ccc(C)cc1C. The minimum atomic E-state index is 0.371. The van der Waals surface area contributed by atoms with E-state index in [0.29, 0.717) is 12.0 Å². The van der Waals surface area contributed by atoms with E-state index in [2.05, 4.69) is 44.3 Å². The van der Waals surface area contributed by atoms with E-state index in [4.69, 9.17) is 5.73 Å². The third-order valence-corrected chi connectivity index (χ3v) is 3.37. The fourth-order valence-electron chi connectivity index (χ4n) is 2.36. The molecule has 0 aliphatic rings. The summed E-state index contributed by atoms with van der Waals surface area (Å²) in [6, 6.07) is 7.01. The van der Waals surface area contributed by atoms with Gasteiger partial charge in [-0.2, -0.15) is 0 Å². The van der Waals surface area contributed by atoms with E-state index < -0.39 is 0 Å². The molecule has 2 nitrogen and oxygen atoms in total. The van der Waals surface area contributed by atoms with Crippen LogP contribution in [0.5, 0.6) is 0 Å². The zero-order chi connectivity index (χ0) is 12.1. The summed E-state index contributed by atoms with van der Waals surface area (Å²) >= 11 is 0. The van der Waals surface area contributed by atoms with Crippen LogP contribution in [0.3, 0.4) is 0 Å². The van der Waals surface area contributed by atoms with Gasteiger partial charge in [0.15, 0.2) is 0 Å². The normalized spacial score (nSPS) is 14.8.